The molecule has 0 unspecified atom stereocenters. The molecule has 8 nitrogen and oxygen atoms in total. The molecular weight excluding hydrogens is 340 g/mol. The van der Waals surface area contributed by atoms with Gasteiger partial charge in [0.05, 0.1) is 0 Å². The highest BCUT2D eigenvalue weighted by molar-refractivity contribution is 6.35. The zero-order chi connectivity index (χ0) is 19.1. The van der Waals surface area contributed by atoms with Gasteiger partial charge in [0.15, 0.2) is 23.0 Å². The molecule has 2 rings (SSSR count). The molecule has 0 saturated heterocycles. The Balaban J connectivity index is 1.70. The minimum Gasteiger partial charge on any atom is -0.504 e. The van der Waals surface area contributed by atoms with Gasteiger partial charge in [0.25, 0.3) is 0 Å². The van der Waals surface area contributed by atoms with Crippen molar-refractivity contribution in [3.63, 3.8) is 0 Å². The second kappa shape index (κ2) is 8.61. The lowest BCUT2D eigenvalue weighted by atomic mass is 10.1. The quantitative estimate of drug-likeness (QED) is 0.328. The van der Waals surface area contributed by atoms with E-state index in [0.29, 0.717) is 24.0 Å². The van der Waals surface area contributed by atoms with E-state index in [4.69, 9.17) is 0 Å². The molecule has 26 heavy (non-hydrogen) atoms. The zero-order valence-corrected chi connectivity index (χ0v) is 13.9. The van der Waals surface area contributed by atoms with Crippen molar-refractivity contribution >= 4 is 11.8 Å². The lowest BCUT2D eigenvalue weighted by Gasteiger charge is -2.08. The molecule has 0 fully saturated rings. The number of aromatic hydroxyl groups is 4. The third-order valence-corrected chi connectivity index (χ3v) is 3.68. The molecule has 0 saturated carbocycles. The molecule has 0 bridgehead atoms. The summed E-state index contributed by atoms with van der Waals surface area (Å²) < 4.78 is 0. The average molecular weight is 360 g/mol. The largest absolute Gasteiger partial charge is 0.504 e. The van der Waals surface area contributed by atoms with Gasteiger partial charge in [0.1, 0.15) is 0 Å². The summed E-state index contributed by atoms with van der Waals surface area (Å²) >= 11 is 0. The van der Waals surface area contributed by atoms with Crippen LogP contribution in [0.1, 0.15) is 11.1 Å². The van der Waals surface area contributed by atoms with Gasteiger partial charge in [-0.25, -0.2) is 0 Å². The Bertz CT molecular complexity index is 739. The number of rotatable bonds is 6. The number of hydrogen-bond acceptors (Lipinski definition) is 6. The number of hydrogen-bond donors (Lipinski definition) is 6. The van der Waals surface area contributed by atoms with E-state index in [9.17, 15) is 30.0 Å². The third-order valence-electron chi connectivity index (χ3n) is 3.68. The van der Waals surface area contributed by atoms with Gasteiger partial charge in [0, 0.05) is 13.1 Å². The maximum Gasteiger partial charge on any atom is 0.309 e. The van der Waals surface area contributed by atoms with Crippen LogP contribution in [0.15, 0.2) is 36.4 Å². The SMILES string of the molecule is O=C(NCCc1ccc(O)c(O)c1)C(=O)NCCc1ccc(O)c(O)c1. The van der Waals surface area contributed by atoms with Crippen LogP contribution in [0, 0.1) is 0 Å². The molecule has 8 heteroatoms. The fourth-order valence-corrected chi connectivity index (χ4v) is 2.25. The molecule has 2 aromatic rings. The first-order valence-electron chi connectivity index (χ1n) is 7.94. The fraction of sp³-hybridized carbons (Fsp3) is 0.222. The Morgan fingerprint density at radius 1 is 0.654 bits per heavy atom. The second-order valence-electron chi connectivity index (χ2n) is 5.66. The van der Waals surface area contributed by atoms with Crippen LogP contribution in [0.3, 0.4) is 0 Å². The van der Waals surface area contributed by atoms with Crippen molar-refractivity contribution in [3.8, 4) is 23.0 Å². The topological polar surface area (TPSA) is 139 Å². The van der Waals surface area contributed by atoms with Gasteiger partial charge in [-0.05, 0) is 48.2 Å². The summed E-state index contributed by atoms with van der Waals surface area (Å²) in [5.41, 5.74) is 1.40. The maximum atomic E-state index is 11.7. The number of nitrogens with one attached hydrogen (secondary N) is 2. The van der Waals surface area contributed by atoms with Gasteiger partial charge in [0.2, 0.25) is 0 Å². The number of benzene rings is 2. The van der Waals surface area contributed by atoms with E-state index in [1.54, 1.807) is 12.1 Å². The van der Waals surface area contributed by atoms with E-state index in [-0.39, 0.29) is 36.1 Å². The lowest BCUT2D eigenvalue weighted by molar-refractivity contribution is -0.139. The molecule has 0 aliphatic rings. The van der Waals surface area contributed by atoms with Crippen LogP contribution < -0.4 is 10.6 Å². The summed E-state index contributed by atoms with van der Waals surface area (Å²) in [5, 5.41) is 42.2. The molecule has 0 aliphatic heterocycles. The third kappa shape index (κ3) is 5.30. The monoisotopic (exact) mass is 360 g/mol. The number of carbonyl (C=O) groups is 2. The van der Waals surface area contributed by atoms with Gasteiger partial charge in [-0.1, -0.05) is 12.1 Å². The molecule has 0 aliphatic carbocycles. The van der Waals surface area contributed by atoms with Crippen LogP contribution in [0.4, 0.5) is 0 Å². The summed E-state index contributed by atoms with van der Waals surface area (Å²) in [7, 11) is 0. The Morgan fingerprint density at radius 3 is 1.38 bits per heavy atom. The summed E-state index contributed by atoms with van der Waals surface area (Å²) in [5.74, 6) is -2.49. The van der Waals surface area contributed by atoms with Crippen LogP contribution >= 0.6 is 0 Å². The average Bonchev–Trinajstić information content (AvgIpc) is 2.61. The fourth-order valence-electron chi connectivity index (χ4n) is 2.25. The number of phenols is 4. The first-order chi connectivity index (χ1) is 12.4. The lowest BCUT2D eigenvalue weighted by Crippen LogP contribution is -2.41. The predicted octanol–water partition coefficient (Wildman–Crippen LogP) is 0.527. The summed E-state index contributed by atoms with van der Waals surface area (Å²) in [4.78, 5) is 23.4. The van der Waals surface area contributed by atoms with E-state index < -0.39 is 11.8 Å². The van der Waals surface area contributed by atoms with Gasteiger partial charge in [-0.15, -0.1) is 0 Å². The predicted molar refractivity (Wildman–Crippen MR) is 93.0 cm³/mol. The molecule has 6 N–H and O–H groups in total. The maximum absolute atomic E-state index is 11.7. The first-order valence-corrected chi connectivity index (χ1v) is 7.94. The summed E-state index contributed by atoms with van der Waals surface area (Å²) in [6, 6.07) is 8.67. The molecule has 2 aromatic carbocycles. The van der Waals surface area contributed by atoms with E-state index >= 15 is 0 Å². The van der Waals surface area contributed by atoms with Gasteiger partial charge < -0.3 is 31.1 Å². The van der Waals surface area contributed by atoms with Crippen molar-refractivity contribution in [2.24, 2.45) is 0 Å². The zero-order valence-electron chi connectivity index (χ0n) is 13.9. The van der Waals surface area contributed by atoms with Gasteiger partial charge in [-0.2, -0.15) is 0 Å². The number of amides is 2. The highest BCUT2D eigenvalue weighted by Gasteiger charge is 2.12. The molecule has 0 heterocycles. The van der Waals surface area contributed by atoms with E-state index in [2.05, 4.69) is 10.6 Å². The molecule has 2 amide bonds. The Kier molecular flexibility index (Phi) is 6.26. The van der Waals surface area contributed by atoms with E-state index in [1.807, 2.05) is 0 Å². The van der Waals surface area contributed by atoms with Crippen LogP contribution in [-0.4, -0.2) is 45.3 Å². The number of carbonyl (C=O) groups excluding carboxylic acids is 2. The minimum atomic E-state index is -0.776. The Morgan fingerprint density at radius 2 is 1.04 bits per heavy atom. The van der Waals surface area contributed by atoms with Gasteiger partial charge >= 0.3 is 11.8 Å². The normalized spacial score (nSPS) is 10.3. The smallest absolute Gasteiger partial charge is 0.309 e. The standard InChI is InChI=1S/C18H20N2O6/c21-13-3-1-11(9-15(13)23)5-7-19-17(25)18(26)20-8-6-12-2-4-14(22)16(24)10-12/h1-4,9-10,21-24H,5-8H2,(H,19,25)(H,20,26). The van der Waals surface area contributed by atoms with Gasteiger partial charge in [-0.3, -0.25) is 9.59 Å². The Hall–Kier alpha value is -3.42. The molecule has 138 valence electrons. The van der Waals surface area contributed by atoms with Crippen molar-refractivity contribution in [1.29, 1.82) is 0 Å². The first kappa shape index (κ1) is 18.9. The molecule has 0 spiro atoms. The molecule has 0 radical (unpaired) electrons. The van der Waals surface area contributed by atoms with E-state index in [1.165, 1.54) is 24.3 Å². The molecular formula is C18H20N2O6. The van der Waals surface area contributed by atoms with Crippen molar-refractivity contribution in [2.45, 2.75) is 12.8 Å². The van der Waals surface area contributed by atoms with Crippen molar-refractivity contribution in [3.05, 3.63) is 47.5 Å². The molecule has 0 atom stereocenters. The molecule has 0 aromatic heterocycles. The Labute approximate surface area is 149 Å². The van der Waals surface area contributed by atoms with Crippen LogP contribution in [0.25, 0.3) is 0 Å². The minimum absolute atomic E-state index is 0.197. The highest BCUT2D eigenvalue weighted by atomic mass is 16.3. The van der Waals surface area contributed by atoms with Crippen molar-refractivity contribution in [2.75, 3.05) is 13.1 Å². The van der Waals surface area contributed by atoms with E-state index in [0.717, 1.165) is 0 Å². The summed E-state index contributed by atoms with van der Waals surface area (Å²) in [6.45, 7) is 0.393. The summed E-state index contributed by atoms with van der Waals surface area (Å²) in [6.07, 6.45) is 0.777. The highest BCUT2D eigenvalue weighted by Crippen LogP contribution is 2.25. The van der Waals surface area contributed by atoms with Crippen molar-refractivity contribution < 1.29 is 30.0 Å². The van der Waals surface area contributed by atoms with Crippen LogP contribution in [-0.2, 0) is 22.4 Å². The van der Waals surface area contributed by atoms with Crippen molar-refractivity contribution in [1.82, 2.24) is 10.6 Å². The second-order valence-corrected chi connectivity index (χ2v) is 5.66. The van der Waals surface area contributed by atoms with Crippen LogP contribution in [0.5, 0.6) is 23.0 Å². The van der Waals surface area contributed by atoms with Crippen LogP contribution in [0.2, 0.25) is 0 Å². The number of phenolic OH excluding ortho intramolecular Hbond substituents is 4.